The lowest BCUT2D eigenvalue weighted by molar-refractivity contribution is -0.132. The van der Waals surface area contributed by atoms with E-state index in [-0.39, 0.29) is 23.3 Å². The number of amides is 1. The fourth-order valence-corrected chi connectivity index (χ4v) is 2.40. The Labute approximate surface area is 122 Å². The largest absolute Gasteiger partial charge is 0.409 e. The summed E-state index contributed by atoms with van der Waals surface area (Å²) in [5, 5.41) is 14.7. The predicted octanol–water partition coefficient (Wildman–Crippen LogP) is 0.631. The molecule has 1 aromatic rings. The van der Waals surface area contributed by atoms with Crippen LogP contribution in [0.5, 0.6) is 0 Å². The highest BCUT2D eigenvalue weighted by Crippen LogP contribution is 2.15. The predicted molar refractivity (Wildman–Crippen MR) is 76.4 cm³/mol. The van der Waals surface area contributed by atoms with Crippen molar-refractivity contribution in [3.63, 3.8) is 0 Å². The molecule has 1 fully saturated rings. The van der Waals surface area contributed by atoms with Crippen LogP contribution >= 0.6 is 0 Å². The van der Waals surface area contributed by atoms with Crippen LogP contribution in [0.1, 0.15) is 24.0 Å². The first kappa shape index (κ1) is 15.2. The molecule has 0 aromatic heterocycles. The molecular formula is C14H19FN4O2. The number of rotatable bonds is 4. The van der Waals surface area contributed by atoms with Gasteiger partial charge in [-0.15, -0.1) is 0 Å². The van der Waals surface area contributed by atoms with Gasteiger partial charge in [0.15, 0.2) is 5.84 Å². The van der Waals surface area contributed by atoms with Crippen molar-refractivity contribution >= 4 is 11.7 Å². The maximum Gasteiger partial charge on any atom is 0.222 e. The Hall–Kier alpha value is -2.15. The Balaban J connectivity index is 2.02. The van der Waals surface area contributed by atoms with Crippen LogP contribution in [0.2, 0.25) is 0 Å². The highest BCUT2D eigenvalue weighted by Gasteiger charge is 2.22. The summed E-state index contributed by atoms with van der Waals surface area (Å²) >= 11 is 0. The van der Waals surface area contributed by atoms with E-state index >= 15 is 0 Å². The summed E-state index contributed by atoms with van der Waals surface area (Å²) in [5.41, 5.74) is 5.95. The van der Waals surface area contributed by atoms with E-state index in [1.54, 1.807) is 24.1 Å². The third kappa shape index (κ3) is 3.49. The first-order chi connectivity index (χ1) is 10.0. The summed E-state index contributed by atoms with van der Waals surface area (Å²) in [7, 11) is 1.76. The number of amidine groups is 1. The van der Waals surface area contributed by atoms with E-state index in [1.165, 1.54) is 6.07 Å². The van der Waals surface area contributed by atoms with Crippen molar-refractivity contribution in [1.29, 1.82) is 0 Å². The number of hydrogen-bond acceptors (Lipinski definition) is 4. The molecular weight excluding hydrogens is 275 g/mol. The molecule has 0 saturated carbocycles. The van der Waals surface area contributed by atoms with Gasteiger partial charge in [-0.3, -0.25) is 4.79 Å². The fraction of sp³-hybridized carbons (Fsp3) is 0.429. The molecule has 1 atom stereocenters. The van der Waals surface area contributed by atoms with Crippen molar-refractivity contribution < 1.29 is 14.4 Å². The molecule has 0 spiro atoms. The zero-order chi connectivity index (χ0) is 15.4. The minimum absolute atomic E-state index is 0.0766. The van der Waals surface area contributed by atoms with Gasteiger partial charge in [-0.1, -0.05) is 17.3 Å². The van der Waals surface area contributed by atoms with Crippen LogP contribution in [0, 0.1) is 5.82 Å². The SMILES string of the molecule is CN1CC(NCc2cccc(/C(N)=N/O)c2F)CCC1=O. The van der Waals surface area contributed by atoms with Crippen molar-refractivity contribution in [1.82, 2.24) is 10.2 Å². The molecule has 4 N–H and O–H groups in total. The Morgan fingerprint density at radius 2 is 2.38 bits per heavy atom. The Bertz CT molecular complexity index is 562. The topological polar surface area (TPSA) is 90.9 Å². The monoisotopic (exact) mass is 294 g/mol. The van der Waals surface area contributed by atoms with Crippen molar-refractivity contribution in [2.45, 2.75) is 25.4 Å². The molecule has 21 heavy (non-hydrogen) atoms. The lowest BCUT2D eigenvalue weighted by Gasteiger charge is -2.30. The number of nitrogens with one attached hydrogen (secondary N) is 1. The van der Waals surface area contributed by atoms with Crippen LogP contribution in [-0.4, -0.2) is 41.5 Å². The minimum Gasteiger partial charge on any atom is -0.409 e. The van der Waals surface area contributed by atoms with E-state index < -0.39 is 5.82 Å². The zero-order valence-corrected chi connectivity index (χ0v) is 11.8. The van der Waals surface area contributed by atoms with Gasteiger partial charge in [-0.2, -0.15) is 0 Å². The molecule has 1 aliphatic heterocycles. The molecule has 114 valence electrons. The maximum atomic E-state index is 14.2. The molecule has 0 bridgehead atoms. The first-order valence-corrected chi connectivity index (χ1v) is 6.75. The number of carbonyl (C=O) groups is 1. The highest BCUT2D eigenvalue weighted by molar-refractivity contribution is 5.97. The second-order valence-electron chi connectivity index (χ2n) is 5.15. The lowest BCUT2D eigenvalue weighted by Crippen LogP contribution is -2.46. The van der Waals surface area contributed by atoms with Gasteiger partial charge in [0.25, 0.3) is 0 Å². The number of oxime groups is 1. The number of nitrogens with two attached hydrogens (primary N) is 1. The average Bonchev–Trinajstić information content (AvgIpc) is 2.49. The molecule has 1 saturated heterocycles. The number of likely N-dealkylation sites (N-methyl/N-ethyl adjacent to an activating group) is 1. The van der Waals surface area contributed by atoms with Crippen LogP contribution < -0.4 is 11.1 Å². The third-order valence-electron chi connectivity index (χ3n) is 3.67. The molecule has 2 rings (SSSR count). The number of likely N-dealkylation sites (tertiary alicyclic amines) is 1. The van der Waals surface area contributed by atoms with Gasteiger partial charge in [0.2, 0.25) is 5.91 Å². The molecule has 1 aliphatic rings. The number of halogens is 1. The summed E-state index contributed by atoms with van der Waals surface area (Å²) in [6.07, 6.45) is 1.24. The minimum atomic E-state index is -0.499. The summed E-state index contributed by atoms with van der Waals surface area (Å²) in [6.45, 7) is 0.936. The smallest absolute Gasteiger partial charge is 0.222 e. The van der Waals surface area contributed by atoms with E-state index in [4.69, 9.17) is 10.9 Å². The van der Waals surface area contributed by atoms with E-state index in [9.17, 15) is 9.18 Å². The van der Waals surface area contributed by atoms with Gasteiger partial charge >= 0.3 is 0 Å². The third-order valence-corrected chi connectivity index (χ3v) is 3.67. The molecule has 6 nitrogen and oxygen atoms in total. The molecule has 0 aliphatic carbocycles. The molecule has 0 radical (unpaired) electrons. The summed E-state index contributed by atoms with van der Waals surface area (Å²) in [4.78, 5) is 13.1. The summed E-state index contributed by atoms with van der Waals surface area (Å²) < 4.78 is 14.2. The van der Waals surface area contributed by atoms with E-state index in [0.29, 0.717) is 25.1 Å². The second kappa shape index (κ2) is 6.53. The molecule has 7 heteroatoms. The Morgan fingerprint density at radius 1 is 1.62 bits per heavy atom. The standard InChI is InChI=1S/C14H19FN4O2/c1-19-8-10(5-6-12(19)20)17-7-9-3-2-4-11(13(9)15)14(16)18-21/h2-4,10,17,21H,5-8H2,1H3,(H2,16,18). The normalized spacial score (nSPS) is 19.9. The summed E-state index contributed by atoms with van der Waals surface area (Å²) in [5.74, 6) is -0.619. The van der Waals surface area contributed by atoms with Gasteiger partial charge in [0.1, 0.15) is 5.82 Å². The van der Waals surface area contributed by atoms with E-state index in [0.717, 1.165) is 6.42 Å². The molecule has 1 amide bonds. The van der Waals surface area contributed by atoms with Gasteiger partial charge in [0.05, 0.1) is 5.56 Å². The maximum absolute atomic E-state index is 14.2. The van der Waals surface area contributed by atoms with Gasteiger partial charge in [-0.05, 0) is 12.5 Å². The van der Waals surface area contributed by atoms with Crippen molar-refractivity contribution in [3.8, 4) is 0 Å². The van der Waals surface area contributed by atoms with E-state index in [2.05, 4.69) is 10.5 Å². The number of nitrogens with zero attached hydrogens (tertiary/aromatic N) is 2. The fourth-order valence-electron chi connectivity index (χ4n) is 2.40. The second-order valence-corrected chi connectivity index (χ2v) is 5.15. The van der Waals surface area contributed by atoms with Crippen LogP contribution in [0.4, 0.5) is 4.39 Å². The van der Waals surface area contributed by atoms with Crippen molar-refractivity contribution in [2.24, 2.45) is 10.9 Å². The number of carbonyl (C=O) groups excluding carboxylic acids is 1. The van der Waals surface area contributed by atoms with Crippen LogP contribution in [0.25, 0.3) is 0 Å². The number of benzene rings is 1. The average molecular weight is 294 g/mol. The Morgan fingerprint density at radius 3 is 3.05 bits per heavy atom. The quantitative estimate of drug-likeness (QED) is 0.329. The van der Waals surface area contributed by atoms with E-state index in [1.807, 2.05) is 0 Å². The van der Waals surface area contributed by atoms with Crippen LogP contribution in [-0.2, 0) is 11.3 Å². The summed E-state index contributed by atoms with van der Waals surface area (Å²) in [6, 6.07) is 4.90. The molecule has 1 heterocycles. The number of piperidine rings is 1. The zero-order valence-electron chi connectivity index (χ0n) is 11.8. The molecule has 1 aromatic carbocycles. The Kier molecular flexibility index (Phi) is 4.74. The van der Waals surface area contributed by atoms with Crippen LogP contribution in [0.3, 0.4) is 0 Å². The highest BCUT2D eigenvalue weighted by atomic mass is 19.1. The van der Waals surface area contributed by atoms with Crippen molar-refractivity contribution in [2.75, 3.05) is 13.6 Å². The van der Waals surface area contributed by atoms with Crippen LogP contribution in [0.15, 0.2) is 23.4 Å². The molecule has 1 unspecified atom stereocenters. The first-order valence-electron chi connectivity index (χ1n) is 6.75. The van der Waals surface area contributed by atoms with Gasteiger partial charge < -0.3 is 21.2 Å². The lowest BCUT2D eigenvalue weighted by atomic mass is 10.0. The van der Waals surface area contributed by atoms with Gasteiger partial charge in [0, 0.05) is 38.2 Å². The number of hydrogen-bond donors (Lipinski definition) is 3. The van der Waals surface area contributed by atoms with Gasteiger partial charge in [-0.25, -0.2) is 4.39 Å². The van der Waals surface area contributed by atoms with Crippen molar-refractivity contribution in [3.05, 3.63) is 35.1 Å².